The first-order chi connectivity index (χ1) is 11.1. The van der Waals surface area contributed by atoms with Crippen LogP contribution in [0.4, 0.5) is 11.4 Å². The van der Waals surface area contributed by atoms with Crippen molar-refractivity contribution in [3.8, 4) is 0 Å². The van der Waals surface area contributed by atoms with Crippen molar-refractivity contribution in [2.24, 2.45) is 0 Å². The fourth-order valence-corrected chi connectivity index (χ4v) is 3.19. The Hall–Kier alpha value is -2.08. The van der Waals surface area contributed by atoms with E-state index in [1.807, 2.05) is 30.0 Å². The molecule has 2 heterocycles. The van der Waals surface area contributed by atoms with E-state index in [2.05, 4.69) is 5.32 Å². The lowest BCUT2D eigenvalue weighted by atomic mass is 10.1. The number of amides is 2. The van der Waals surface area contributed by atoms with Gasteiger partial charge in [-0.3, -0.25) is 9.59 Å². The minimum Gasteiger partial charge on any atom is -0.378 e. The molecule has 124 valence electrons. The lowest BCUT2D eigenvalue weighted by Gasteiger charge is -2.29. The highest BCUT2D eigenvalue weighted by molar-refractivity contribution is 5.94. The Morgan fingerprint density at radius 2 is 1.96 bits per heavy atom. The van der Waals surface area contributed by atoms with Crippen LogP contribution >= 0.6 is 0 Å². The van der Waals surface area contributed by atoms with Gasteiger partial charge in [-0.25, -0.2) is 0 Å². The van der Waals surface area contributed by atoms with Gasteiger partial charge in [-0.1, -0.05) is 0 Å². The lowest BCUT2D eigenvalue weighted by Crippen LogP contribution is -2.47. The van der Waals surface area contributed by atoms with Crippen LogP contribution in [0.2, 0.25) is 0 Å². The van der Waals surface area contributed by atoms with Crippen LogP contribution in [0, 0.1) is 0 Å². The Morgan fingerprint density at radius 3 is 2.65 bits per heavy atom. The highest BCUT2D eigenvalue weighted by Crippen LogP contribution is 2.30. The highest BCUT2D eigenvalue weighted by atomic mass is 16.5. The molecule has 2 aliphatic rings. The van der Waals surface area contributed by atoms with Crippen LogP contribution in [0.5, 0.6) is 0 Å². The number of fused-ring (bicyclic) bond motifs is 1. The number of hydrogen-bond acceptors (Lipinski definition) is 4. The molecule has 23 heavy (non-hydrogen) atoms. The molecule has 3 rings (SSSR count). The molecule has 6 nitrogen and oxygen atoms in total. The molecule has 1 N–H and O–H groups in total. The summed E-state index contributed by atoms with van der Waals surface area (Å²) >= 11 is 0. The van der Waals surface area contributed by atoms with E-state index >= 15 is 0 Å². The van der Waals surface area contributed by atoms with Crippen molar-refractivity contribution < 1.29 is 14.3 Å². The maximum Gasteiger partial charge on any atom is 0.244 e. The van der Waals surface area contributed by atoms with Gasteiger partial charge in [0.2, 0.25) is 11.8 Å². The van der Waals surface area contributed by atoms with Crippen LogP contribution in [-0.2, 0) is 20.7 Å². The average molecular weight is 317 g/mol. The number of anilines is 2. The van der Waals surface area contributed by atoms with Crippen molar-refractivity contribution in [2.45, 2.75) is 26.3 Å². The zero-order valence-electron chi connectivity index (χ0n) is 13.7. The largest absolute Gasteiger partial charge is 0.378 e. The van der Waals surface area contributed by atoms with Gasteiger partial charge in [0.05, 0.1) is 13.2 Å². The molecule has 1 fully saturated rings. The molecule has 1 atom stereocenters. The van der Waals surface area contributed by atoms with E-state index in [9.17, 15) is 9.59 Å². The maximum atomic E-state index is 12.4. The average Bonchev–Trinajstić information content (AvgIpc) is 2.98. The molecular weight excluding hydrogens is 294 g/mol. The summed E-state index contributed by atoms with van der Waals surface area (Å²) in [7, 11) is 0. The van der Waals surface area contributed by atoms with Gasteiger partial charge < -0.3 is 19.9 Å². The van der Waals surface area contributed by atoms with E-state index in [-0.39, 0.29) is 17.9 Å². The molecule has 0 spiro atoms. The van der Waals surface area contributed by atoms with Crippen LogP contribution < -0.4 is 10.2 Å². The van der Waals surface area contributed by atoms with Gasteiger partial charge in [-0.15, -0.1) is 0 Å². The number of benzene rings is 1. The number of morpholine rings is 1. The van der Waals surface area contributed by atoms with E-state index < -0.39 is 0 Å². The third kappa shape index (κ3) is 3.32. The molecule has 1 unspecified atom stereocenters. The molecule has 1 aromatic carbocycles. The quantitative estimate of drug-likeness (QED) is 0.911. The van der Waals surface area contributed by atoms with Crippen LogP contribution in [0.25, 0.3) is 0 Å². The summed E-state index contributed by atoms with van der Waals surface area (Å²) in [6.45, 7) is 6.73. The van der Waals surface area contributed by atoms with E-state index in [0.717, 1.165) is 29.9 Å². The summed E-state index contributed by atoms with van der Waals surface area (Å²) in [5, 5.41) is 3.28. The van der Waals surface area contributed by atoms with Crippen molar-refractivity contribution >= 4 is 23.2 Å². The number of rotatable bonds is 3. The predicted octanol–water partition coefficient (Wildman–Crippen LogP) is 1.25. The molecule has 0 aromatic heterocycles. The lowest BCUT2D eigenvalue weighted by molar-refractivity contribution is -0.135. The first kappa shape index (κ1) is 15.8. The van der Waals surface area contributed by atoms with E-state index in [1.165, 1.54) is 0 Å². The Balaban J connectivity index is 1.66. The fourth-order valence-electron chi connectivity index (χ4n) is 3.19. The summed E-state index contributed by atoms with van der Waals surface area (Å²) < 4.78 is 5.28. The smallest absolute Gasteiger partial charge is 0.244 e. The van der Waals surface area contributed by atoms with Crippen molar-refractivity contribution in [3.05, 3.63) is 23.8 Å². The standard InChI is InChI=1S/C17H23N3O3/c1-12(17(22)19-7-9-23-10-8-19)18-15-3-4-16-14(11-15)5-6-20(16)13(2)21/h3-4,11-12,18H,5-10H2,1-2H3. The molecule has 0 bridgehead atoms. The predicted molar refractivity (Wildman–Crippen MR) is 88.7 cm³/mol. The van der Waals surface area contributed by atoms with Crippen molar-refractivity contribution in [3.63, 3.8) is 0 Å². The minimum atomic E-state index is -0.281. The number of nitrogens with zero attached hydrogens (tertiary/aromatic N) is 2. The maximum absolute atomic E-state index is 12.4. The van der Waals surface area contributed by atoms with Crippen LogP contribution in [-0.4, -0.2) is 55.6 Å². The summed E-state index contributed by atoms with van der Waals surface area (Å²) in [6, 6.07) is 5.65. The molecule has 0 radical (unpaired) electrons. The summed E-state index contributed by atoms with van der Waals surface area (Å²) in [4.78, 5) is 27.7. The van der Waals surface area contributed by atoms with E-state index in [0.29, 0.717) is 26.3 Å². The summed E-state index contributed by atoms with van der Waals surface area (Å²) in [6.07, 6.45) is 0.857. The van der Waals surface area contributed by atoms with Crippen molar-refractivity contribution in [1.82, 2.24) is 4.90 Å². The Kier molecular flexibility index (Phi) is 4.52. The normalized spacial score (nSPS) is 18.5. The first-order valence-electron chi connectivity index (χ1n) is 8.10. The fraction of sp³-hybridized carbons (Fsp3) is 0.529. The third-order valence-electron chi connectivity index (χ3n) is 4.43. The summed E-state index contributed by atoms with van der Waals surface area (Å²) in [5.41, 5.74) is 3.05. The molecule has 0 saturated carbocycles. The molecule has 2 amide bonds. The van der Waals surface area contributed by atoms with Gasteiger partial charge >= 0.3 is 0 Å². The topological polar surface area (TPSA) is 61.9 Å². The number of ether oxygens (including phenoxy) is 1. The SMILES string of the molecule is CC(=O)N1CCc2cc(NC(C)C(=O)N3CCOCC3)ccc21. The molecular formula is C17H23N3O3. The molecule has 1 aromatic rings. The van der Waals surface area contributed by atoms with Gasteiger partial charge in [0.15, 0.2) is 0 Å². The number of carbonyl (C=O) groups excluding carboxylic acids is 2. The van der Waals surface area contributed by atoms with Crippen LogP contribution in [0.3, 0.4) is 0 Å². The minimum absolute atomic E-state index is 0.0697. The second-order valence-electron chi connectivity index (χ2n) is 6.07. The zero-order valence-corrected chi connectivity index (χ0v) is 13.7. The van der Waals surface area contributed by atoms with Gasteiger partial charge in [0.25, 0.3) is 0 Å². The van der Waals surface area contributed by atoms with E-state index in [1.54, 1.807) is 11.8 Å². The molecule has 6 heteroatoms. The van der Waals surface area contributed by atoms with Crippen LogP contribution in [0.15, 0.2) is 18.2 Å². The highest BCUT2D eigenvalue weighted by Gasteiger charge is 2.24. The molecule has 2 aliphatic heterocycles. The molecule has 1 saturated heterocycles. The van der Waals surface area contributed by atoms with E-state index in [4.69, 9.17) is 4.74 Å². The van der Waals surface area contributed by atoms with Gasteiger partial charge in [0, 0.05) is 37.9 Å². The van der Waals surface area contributed by atoms with Gasteiger partial charge in [-0.05, 0) is 37.1 Å². The van der Waals surface area contributed by atoms with Crippen molar-refractivity contribution in [2.75, 3.05) is 43.1 Å². The second-order valence-corrected chi connectivity index (χ2v) is 6.07. The number of nitrogens with one attached hydrogen (secondary N) is 1. The Morgan fingerprint density at radius 1 is 1.22 bits per heavy atom. The van der Waals surface area contributed by atoms with Crippen molar-refractivity contribution in [1.29, 1.82) is 0 Å². The first-order valence-corrected chi connectivity index (χ1v) is 8.10. The Bertz CT molecular complexity index is 611. The van der Waals surface area contributed by atoms with Gasteiger partial charge in [-0.2, -0.15) is 0 Å². The van der Waals surface area contributed by atoms with Crippen LogP contribution in [0.1, 0.15) is 19.4 Å². The van der Waals surface area contributed by atoms with Gasteiger partial charge in [0.1, 0.15) is 6.04 Å². The monoisotopic (exact) mass is 317 g/mol. The Labute approximate surface area is 136 Å². The second kappa shape index (κ2) is 6.58. The molecule has 0 aliphatic carbocycles. The zero-order chi connectivity index (χ0) is 16.4. The number of carbonyl (C=O) groups is 2. The summed E-state index contributed by atoms with van der Waals surface area (Å²) in [5.74, 6) is 0.166. The number of hydrogen-bond donors (Lipinski definition) is 1. The third-order valence-corrected chi connectivity index (χ3v) is 4.43.